The maximum atomic E-state index is 12.5. The monoisotopic (exact) mass is 352 g/mol. The summed E-state index contributed by atoms with van der Waals surface area (Å²) in [5.74, 6) is 0.707. The van der Waals surface area contributed by atoms with Crippen molar-refractivity contribution in [2.45, 2.75) is 44.8 Å². The molecule has 0 unspecified atom stereocenters. The molecule has 4 nitrogen and oxygen atoms in total. The first-order valence-corrected chi connectivity index (χ1v) is 9.48. The summed E-state index contributed by atoms with van der Waals surface area (Å²) in [5, 5.41) is 3.01. The van der Waals surface area contributed by atoms with Crippen LogP contribution in [0.5, 0.6) is 5.75 Å². The van der Waals surface area contributed by atoms with Crippen LogP contribution in [0.4, 0.5) is 5.69 Å². The minimum atomic E-state index is 0.00818. The zero-order chi connectivity index (χ0) is 18.2. The molecule has 2 aromatic carbocycles. The van der Waals surface area contributed by atoms with Crippen LogP contribution in [0.15, 0.2) is 54.6 Å². The lowest BCUT2D eigenvalue weighted by Gasteiger charge is -2.30. The van der Waals surface area contributed by atoms with Crippen LogP contribution < -0.4 is 10.1 Å². The Bertz CT molecular complexity index is 696. The first-order chi connectivity index (χ1) is 12.7. The minimum absolute atomic E-state index is 0.00818. The predicted molar refractivity (Wildman–Crippen MR) is 105 cm³/mol. The molecule has 3 rings (SSSR count). The van der Waals surface area contributed by atoms with Crippen molar-refractivity contribution in [1.29, 1.82) is 0 Å². The average molecular weight is 352 g/mol. The van der Waals surface area contributed by atoms with Crippen LogP contribution in [0.3, 0.4) is 0 Å². The van der Waals surface area contributed by atoms with Gasteiger partial charge in [0.25, 0.3) is 0 Å². The second kappa shape index (κ2) is 9.39. The SMILES string of the molecule is CN(CC(=O)Nc1ccccc1OCc1ccccc1)C1CCCCC1. The minimum Gasteiger partial charge on any atom is -0.487 e. The summed E-state index contributed by atoms with van der Waals surface area (Å²) >= 11 is 0. The molecule has 1 N–H and O–H groups in total. The molecule has 0 radical (unpaired) electrons. The molecule has 0 saturated heterocycles. The summed E-state index contributed by atoms with van der Waals surface area (Å²) in [7, 11) is 2.05. The number of amides is 1. The van der Waals surface area contributed by atoms with Gasteiger partial charge in [0, 0.05) is 6.04 Å². The van der Waals surface area contributed by atoms with Gasteiger partial charge in [0.05, 0.1) is 12.2 Å². The van der Waals surface area contributed by atoms with E-state index >= 15 is 0 Å². The van der Waals surface area contributed by atoms with Crippen LogP contribution in [0.25, 0.3) is 0 Å². The lowest BCUT2D eigenvalue weighted by Crippen LogP contribution is -2.39. The van der Waals surface area contributed by atoms with Gasteiger partial charge in [0.15, 0.2) is 0 Å². The van der Waals surface area contributed by atoms with Crippen molar-refractivity contribution in [2.24, 2.45) is 0 Å². The molecule has 1 aliphatic rings. The summed E-state index contributed by atoms with van der Waals surface area (Å²) < 4.78 is 5.92. The highest BCUT2D eigenvalue weighted by atomic mass is 16.5. The molecule has 2 aromatic rings. The maximum Gasteiger partial charge on any atom is 0.238 e. The highest BCUT2D eigenvalue weighted by Crippen LogP contribution is 2.25. The number of nitrogens with zero attached hydrogens (tertiary/aromatic N) is 1. The van der Waals surface area contributed by atoms with Crippen LogP contribution in [0.1, 0.15) is 37.7 Å². The van der Waals surface area contributed by atoms with Crippen LogP contribution in [0.2, 0.25) is 0 Å². The van der Waals surface area contributed by atoms with E-state index in [0.29, 0.717) is 24.9 Å². The topological polar surface area (TPSA) is 41.6 Å². The summed E-state index contributed by atoms with van der Waals surface area (Å²) in [5.41, 5.74) is 1.83. The van der Waals surface area contributed by atoms with Gasteiger partial charge in [-0.3, -0.25) is 9.69 Å². The van der Waals surface area contributed by atoms with Gasteiger partial charge in [-0.25, -0.2) is 0 Å². The first kappa shape index (κ1) is 18.5. The summed E-state index contributed by atoms with van der Waals surface area (Å²) in [6, 6.07) is 18.2. The van der Waals surface area contributed by atoms with Gasteiger partial charge in [-0.05, 0) is 37.6 Å². The molecule has 0 atom stereocenters. The molecule has 1 aliphatic carbocycles. The van der Waals surface area contributed by atoms with Gasteiger partial charge in [-0.15, -0.1) is 0 Å². The largest absolute Gasteiger partial charge is 0.487 e. The van der Waals surface area contributed by atoms with Gasteiger partial charge in [0.2, 0.25) is 5.91 Å². The molecule has 0 bridgehead atoms. The van der Waals surface area contributed by atoms with Crippen molar-refractivity contribution in [2.75, 3.05) is 18.9 Å². The molecule has 1 saturated carbocycles. The van der Waals surface area contributed by atoms with E-state index in [1.807, 2.05) is 61.6 Å². The molecule has 138 valence electrons. The highest BCUT2D eigenvalue weighted by molar-refractivity contribution is 5.93. The molecule has 0 spiro atoms. The van der Waals surface area contributed by atoms with E-state index in [9.17, 15) is 4.79 Å². The van der Waals surface area contributed by atoms with Gasteiger partial charge >= 0.3 is 0 Å². The summed E-state index contributed by atoms with van der Waals surface area (Å²) in [4.78, 5) is 14.7. The Balaban J connectivity index is 1.56. The Kier molecular flexibility index (Phi) is 6.67. The third-order valence-electron chi connectivity index (χ3n) is 4.99. The van der Waals surface area contributed by atoms with Crippen LogP contribution in [-0.2, 0) is 11.4 Å². The van der Waals surface area contributed by atoms with E-state index in [1.165, 1.54) is 32.1 Å². The van der Waals surface area contributed by atoms with E-state index in [-0.39, 0.29) is 5.91 Å². The highest BCUT2D eigenvalue weighted by Gasteiger charge is 2.20. The van der Waals surface area contributed by atoms with Gasteiger partial charge in [-0.2, -0.15) is 0 Å². The second-order valence-electron chi connectivity index (χ2n) is 7.03. The first-order valence-electron chi connectivity index (χ1n) is 9.48. The van der Waals surface area contributed by atoms with Crippen molar-refractivity contribution in [3.8, 4) is 5.75 Å². The number of benzene rings is 2. The molecular formula is C22H28N2O2. The van der Waals surface area contributed by atoms with E-state index in [2.05, 4.69) is 10.2 Å². The molecule has 1 amide bonds. The van der Waals surface area contributed by atoms with E-state index in [1.54, 1.807) is 0 Å². The van der Waals surface area contributed by atoms with E-state index in [0.717, 1.165) is 11.3 Å². The Morgan fingerprint density at radius 1 is 1.04 bits per heavy atom. The van der Waals surface area contributed by atoms with Crippen LogP contribution >= 0.6 is 0 Å². The van der Waals surface area contributed by atoms with Crippen molar-refractivity contribution in [1.82, 2.24) is 4.90 Å². The average Bonchev–Trinajstić information content (AvgIpc) is 2.68. The lowest BCUT2D eigenvalue weighted by molar-refractivity contribution is -0.117. The number of hydrogen-bond donors (Lipinski definition) is 1. The fourth-order valence-electron chi connectivity index (χ4n) is 3.50. The third kappa shape index (κ3) is 5.33. The number of ether oxygens (including phenoxy) is 1. The van der Waals surface area contributed by atoms with Crippen molar-refractivity contribution in [3.63, 3.8) is 0 Å². The Morgan fingerprint density at radius 2 is 1.73 bits per heavy atom. The Morgan fingerprint density at radius 3 is 2.50 bits per heavy atom. The smallest absolute Gasteiger partial charge is 0.238 e. The molecular weight excluding hydrogens is 324 g/mol. The number of nitrogens with one attached hydrogen (secondary N) is 1. The number of rotatable bonds is 7. The zero-order valence-corrected chi connectivity index (χ0v) is 15.5. The second-order valence-corrected chi connectivity index (χ2v) is 7.03. The number of anilines is 1. The quantitative estimate of drug-likeness (QED) is 0.799. The molecule has 4 heteroatoms. The lowest BCUT2D eigenvalue weighted by atomic mass is 9.94. The molecule has 1 fully saturated rings. The number of carbonyl (C=O) groups excluding carboxylic acids is 1. The van der Waals surface area contributed by atoms with Crippen molar-refractivity contribution in [3.05, 3.63) is 60.2 Å². The molecule has 0 heterocycles. The summed E-state index contributed by atoms with van der Waals surface area (Å²) in [6.07, 6.45) is 6.25. The molecule has 0 aliphatic heterocycles. The predicted octanol–water partition coefficient (Wildman–Crippen LogP) is 4.47. The van der Waals surface area contributed by atoms with Crippen LogP contribution in [-0.4, -0.2) is 30.4 Å². The van der Waals surface area contributed by atoms with Gasteiger partial charge < -0.3 is 10.1 Å². The van der Waals surface area contributed by atoms with Crippen LogP contribution in [0, 0.1) is 0 Å². The van der Waals surface area contributed by atoms with Gasteiger partial charge in [-0.1, -0.05) is 61.7 Å². The van der Waals surface area contributed by atoms with E-state index < -0.39 is 0 Å². The fraction of sp³-hybridized carbons (Fsp3) is 0.409. The number of para-hydroxylation sites is 2. The zero-order valence-electron chi connectivity index (χ0n) is 15.5. The maximum absolute atomic E-state index is 12.5. The van der Waals surface area contributed by atoms with Crippen molar-refractivity contribution >= 4 is 11.6 Å². The summed E-state index contributed by atoms with van der Waals surface area (Å²) in [6.45, 7) is 0.896. The normalized spacial score (nSPS) is 15.0. The third-order valence-corrected chi connectivity index (χ3v) is 4.99. The van der Waals surface area contributed by atoms with Gasteiger partial charge in [0.1, 0.15) is 12.4 Å². The Labute approximate surface area is 156 Å². The molecule has 0 aromatic heterocycles. The number of likely N-dealkylation sites (N-methyl/N-ethyl adjacent to an activating group) is 1. The Hall–Kier alpha value is -2.33. The molecule has 26 heavy (non-hydrogen) atoms. The fourth-order valence-corrected chi connectivity index (χ4v) is 3.50. The standard InChI is InChI=1S/C22H28N2O2/c1-24(19-12-6-3-7-13-19)16-22(25)23-20-14-8-9-15-21(20)26-17-18-10-4-2-5-11-18/h2,4-5,8-11,14-15,19H,3,6-7,12-13,16-17H2,1H3,(H,23,25). The van der Waals surface area contributed by atoms with E-state index in [4.69, 9.17) is 4.74 Å². The van der Waals surface area contributed by atoms with Crippen molar-refractivity contribution < 1.29 is 9.53 Å². The number of hydrogen-bond acceptors (Lipinski definition) is 3. The number of carbonyl (C=O) groups is 1.